The number of rotatable bonds is 3. The molecule has 3 fully saturated rings. The van der Waals surface area contributed by atoms with Crippen LogP contribution in [0.4, 0.5) is 0 Å². The summed E-state index contributed by atoms with van der Waals surface area (Å²) in [5.41, 5.74) is 0. The monoisotopic (exact) mass is 276 g/mol. The normalized spacial score (nSPS) is 29.6. The van der Waals surface area contributed by atoms with Crippen LogP contribution in [0, 0.1) is 5.92 Å². The Balaban J connectivity index is 1.48. The minimum atomic E-state index is 0.281. The molecule has 1 atom stereocenters. The molecule has 0 N–H and O–H groups in total. The van der Waals surface area contributed by atoms with Gasteiger partial charge in [0.15, 0.2) is 5.76 Å². The van der Waals surface area contributed by atoms with Gasteiger partial charge >= 0.3 is 0 Å². The molecule has 0 saturated carbocycles. The van der Waals surface area contributed by atoms with Gasteiger partial charge in [0.05, 0.1) is 10.9 Å². The lowest BCUT2D eigenvalue weighted by Gasteiger charge is -2.43. The van der Waals surface area contributed by atoms with E-state index in [1.807, 2.05) is 23.6 Å². The van der Waals surface area contributed by atoms with Gasteiger partial charge in [-0.1, -0.05) is 6.07 Å². The van der Waals surface area contributed by atoms with Crippen LogP contribution in [0.1, 0.15) is 12.8 Å². The number of ether oxygens (including phenoxy) is 1. The first-order chi connectivity index (χ1) is 9.38. The van der Waals surface area contributed by atoms with Gasteiger partial charge in [0.25, 0.3) is 5.88 Å². The zero-order valence-electron chi connectivity index (χ0n) is 10.6. The van der Waals surface area contributed by atoms with Gasteiger partial charge in [0.1, 0.15) is 6.10 Å². The van der Waals surface area contributed by atoms with E-state index >= 15 is 0 Å². The molecule has 0 spiro atoms. The fourth-order valence-corrected chi connectivity index (χ4v) is 3.72. The molecular formula is C14H16N2O2S. The number of fused-ring (bicyclic) bond motifs is 3. The lowest BCUT2D eigenvalue weighted by molar-refractivity contribution is -0.0113. The van der Waals surface area contributed by atoms with Crippen molar-refractivity contribution in [2.75, 3.05) is 19.6 Å². The van der Waals surface area contributed by atoms with E-state index in [-0.39, 0.29) is 6.10 Å². The van der Waals surface area contributed by atoms with Gasteiger partial charge in [-0.2, -0.15) is 0 Å². The summed E-state index contributed by atoms with van der Waals surface area (Å²) in [6.07, 6.45) is 2.78. The van der Waals surface area contributed by atoms with E-state index in [4.69, 9.17) is 9.26 Å². The Bertz CT molecular complexity index is 544. The van der Waals surface area contributed by atoms with Gasteiger partial charge in [-0.15, -0.1) is 11.3 Å². The van der Waals surface area contributed by atoms with Crippen molar-refractivity contribution in [1.82, 2.24) is 10.1 Å². The summed E-state index contributed by atoms with van der Waals surface area (Å²) in [5.74, 6) is 2.11. The second-order valence-corrected chi connectivity index (χ2v) is 6.25. The van der Waals surface area contributed by atoms with Crippen molar-refractivity contribution in [3.8, 4) is 16.5 Å². The van der Waals surface area contributed by atoms with Crippen molar-refractivity contribution in [3.05, 3.63) is 23.6 Å². The first-order valence-electron chi connectivity index (χ1n) is 6.78. The van der Waals surface area contributed by atoms with Gasteiger partial charge in [-0.3, -0.25) is 4.90 Å². The summed E-state index contributed by atoms with van der Waals surface area (Å²) in [7, 11) is 0. The molecule has 1 unspecified atom stereocenters. The Morgan fingerprint density at radius 2 is 2.26 bits per heavy atom. The maximum absolute atomic E-state index is 6.03. The fraction of sp³-hybridized carbons (Fsp3) is 0.500. The molecule has 19 heavy (non-hydrogen) atoms. The quantitative estimate of drug-likeness (QED) is 0.864. The SMILES string of the molecule is c1csc(-c2cc(OC3CN4CCC3CC4)no2)c1. The number of aromatic nitrogens is 1. The van der Waals surface area contributed by atoms with Crippen molar-refractivity contribution in [2.45, 2.75) is 18.9 Å². The average Bonchev–Trinajstić information content (AvgIpc) is 3.10. The maximum Gasteiger partial charge on any atom is 0.255 e. The van der Waals surface area contributed by atoms with Gasteiger partial charge in [0.2, 0.25) is 0 Å². The highest BCUT2D eigenvalue weighted by Crippen LogP contribution is 2.32. The lowest BCUT2D eigenvalue weighted by atomic mass is 9.86. The lowest BCUT2D eigenvalue weighted by Crippen LogP contribution is -2.52. The Hall–Kier alpha value is -1.33. The number of piperidine rings is 3. The summed E-state index contributed by atoms with van der Waals surface area (Å²) in [6.45, 7) is 3.49. The Kier molecular flexibility index (Phi) is 2.81. The summed E-state index contributed by atoms with van der Waals surface area (Å²) < 4.78 is 11.4. The molecule has 5 heterocycles. The molecule has 2 aromatic heterocycles. The van der Waals surface area contributed by atoms with Gasteiger partial charge < -0.3 is 9.26 Å². The standard InChI is InChI=1S/C14H16N2O2S/c1-2-13(19-7-1)11-8-14(15-18-11)17-12-9-16-5-3-10(12)4-6-16/h1-2,7-8,10,12H,3-6,9H2. The van der Waals surface area contributed by atoms with E-state index in [0.29, 0.717) is 11.8 Å². The van der Waals surface area contributed by atoms with Crippen LogP contribution < -0.4 is 4.74 Å². The summed E-state index contributed by atoms with van der Waals surface area (Å²) >= 11 is 1.65. The topological polar surface area (TPSA) is 38.5 Å². The highest BCUT2D eigenvalue weighted by molar-refractivity contribution is 7.13. The molecule has 0 aliphatic carbocycles. The van der Waals surface area contributed by atoms with E-state index in [0.717, 1.165) is 17.2 Å². The van der Waals surface area contributed by atoms with Crippen LogP contribution in [0.15, 0.2) is 28.1 Å². The molecule has 3 aliphatic heterocycles. The average molecular weight is 276 g/mol. The largest absolute Gasteiger partial charge is 0.471 e. The molecule has 5 rings (SSSR count). The zero-order valence-corrected chi connectivity index (χ0v) is 11.4. The predicted octanol–water partition coefficient (Wildman–Crippen LogP) is 2.88. The van der Waals surface area contributed by atoms with Crippen LogP contribution in [0.25, 0.3) is 10.6 Å². The number of hydrogen-bond donors (Lipinski definition) is 0. The summed E-state index contributed by atoms with van der Waals surface area (Å²) in [6, 6.07) is 5.95. The Labute approximate surface area is 116 Å². The van der Waals surface area contributed by atoms with Crippen LogP contribution in [0.2, 0.25) is 0 Å². The molecule has 3 aliphatic rings. The third-order valence-corrected chi connectivity index (χ3v) is 5.01. The third kappa shape index (κ3) is 2.17. The van der Waals surface area contributed by atoms with E-state index in [2.05, 4.69) is 10.1 Å². The van der Waals surface area contributed by atoms with Crippen LogP contribution in [0.5, 0.6) is 5.88 Å². The molecule has 2 aromatic rings. The second-order valence-electron chi connectivity index (χ2n) is 5.30. The number of thiophene rings is 1. The Morgan fingerprint density at radius 3 is 2.95 bits per heavy atom. The molecule has 2 bridgehead atoms. The van der Waals surface area contributed by atoms with E-state index in [1.165, 1.54) is 25.9 Å². The highest BCUT2D eigenvalue weighted by Gasteiger charge is 2.36. The van der Waals surface area contributed by atoms with Crippen molar-refractivity contribution >= 4 is 11.3 Å². The van der Waals surface area contributed by atoms with Crippen LogP contribution in [-0.2, 0) is 0 Å². The molecule has 0 aromatic carbocycles. The van der Waals surface area contributed by atoms with Crippen molar-refractivity contribution in [1.29, 1.82) is 0 Å². The zero-order chi connectivity index (χ0) is 12.7. The van der Waals surface area contributed by atoms with Crippen LogP contribution >= 0.6 is 11.3 Å². The minimum absolute atomic E-state index is 0.281. The van der Waals surface area contributed by atoms with Gasteiger partial charge in [-0.25, -0.2) is 0 Å². The number of hydrogen-bond acceptors (Lipinski definition) is 5. The first kappa shape index (κ1) is 11.5. The van der Waals surface area contributed by atoms with E-state index < -0.39 is 0 Å². The van der Waals surface area contributed by atoms with Gasteiger partial charge in [0, 0.05) is 6.54 Å². The van der Waals surface area contributed by atoms with Gasteiger partial charge in [-0.05, 0) is 48.5 Å². The molecule has 5 heteroatoms. The Morgan fingerprint density at radius 1 is 1.37 bits per heavy atom. The molecular weight excluding hydrogens is 260 g/mol. The summed E-state index contributed by atoms with van der Waals surface area (Å²) in [4.78, 5) is 3.57. The predicted molar refractivity (Wildman–Crippen MR) is 73.4 cm³/mol. The van der Waals surface area contributed by atoms with Crippen molar-refractivity contribution < 1.29 is 9.26 Å². The maximum atomic E-state index is 6.03. The number of nitrogens with zero attached hydrogens (tertiary/aromatic N) is 2. The molecule has 0 amide bonds. The van der Waals surface area contributed by atoms with Crippen molar-refractivity contribution in [3.63, 3.8) is 0 Å². The van der Waals surface area contributed by atoms with Crippen LogP contribution in [-0.4, -0.2) is 35.8 Å². The van der Waals surface area contributed by atoms with Crippen molar-refractivity contribution in [2.24, 2.45) is 5.92 Å². The smallest absolute Gasteiger partial charge is 0.255 e. The fourth-order valence-electron chi connectivity index (χ4n) is 3.05. The summed E-state index contributed by atoms with van der Waals surface area (Å²) in [5, 5.41) is 6.07. The molecule has 100 valence electrons. The molecule has 4 nitrogen and oxygen atoms in total. The highest BCUT2D eigenvalue weighted by atomic mass is 32.1. The molecule has 0 radical (unpaired) electrons. The molecule has 3 saturated heterocycles. The second kappa shape index (κ2) is 4.65. The first-order valence-corrected chi connectivity index (χ1v) is 7.66. The third-order valence-electron chi connectivity index (χ3n) is 4.12. The van der Waals surface area contributed by atoms with E-state index in [9.17, 15) is 0 Å². The van der Waals surface area contributed by atoms with Crippen LogP contribution in [0.3, 0.4) is 0 Å². The van der Waals surface area contributed by atoms with E-state index in [1.54, 1.807) is 11.3 Å². The minimum Gasteiger partial charge on any atom is -0.471 e.